The maximum absolute atomic E-state index is 12.4. The van der Waals surface area contributed by atoms with Crippen LogP contribution in [-0.2, 0) is 0 Å². The summed E-state index contributed by atoms with van der Waals surface area (Å²) < 4.78 is 28.4. The molecule has 0 saturated carbocycles. The van der Waals surface area contributed by atoms with E-state index in [1.54, 1.807) is 0 Å². The van der Waals surface area contributed by atoms with Gasteiger partial charge < -0.3 is 15.0 Å². The van der Waals surface area contributed by atoms with Crippen molar-refractivity contribution in [3.05, 3.63) is 29.8 Å². The van der Waals surface area contributed by atoms with Crippen molar-refractivity contribution in [3.63, 3.8) is 0 Å². The van der Waals surface area contributed by atoms with Crippen LogP contribution in [0.5, 0.6) is 5.75 Å². The minimum atomic E-state index is -2.85. The van der Waals surface area contributed by atoms with Gasteiger partial charge in [0.2, 0.25) is 0 Å². The van der Waals surface area contributed by atoms with E-state index in [1.165, 1.54) is 24.3 Å². The summed E-state index contributed by atoms with van der Waals surface area (Å²) in [6.07, 6.45) is 1.02. The molecule has 2 atom stereocenters. The number of nitrogens with one attached hydrogen (secondary N) is 1. The summed E-state index contributed by atoms with van der Waals surface area (Å²) in [6.45, 7) is -0.274. The second-order valence-corrected chi connectivity index (χ2v) is 5.18. The number of hydrogen-bond acceptors (Lipinski definition) is 3. The fraction of sp³-hybridized carbons (Fsp3) is 0.500. The molecular weight excluding hydrogens is 266 g/mol. The standard InChI is InChI=1S/C14H16F2N2O2/c15-14(16)20-11-3-1-9(2-4-11)13(19)18-6-5-10-7-17-8-12(10)18/h1-4,10,12,14,17H,5-8H2/t10-,12+/m0/s1. The molecule has 108 valence electrons. The van der Waals surface area contributed by atoms with Gasteiger partial charge in [-0.05, 0) is 36.6 Å². The minimum absolute atomic E-state index is 0.0372. The number of likely N-dealkylation sites (tertiary alicyclic amines) is 1. The zero-order valence-electron chi connectivity index (χ0n) is 10.9. The van der Waals surface area contributed by atoms with Crippen LogP contribution < -0.4 is 10.1 Å². The summed E-state index contributed by atoms with van der Waals surface area (Å²) in [5, 5.41) is 3.29. The molecule has 0 unspecified atom stereocenters. The van der Waals surface area contributed by atoms with E-state index in [1.807, 2.05) is 4.90 Å². The van der Waals surface area contributed by atoms with E-state index in [0.29, 0.717) is 11.5 Å². The van der Waals surface area contributed by atoms with Gasteiger partial charge in [0, 0.05) is 31.2 Å². The van der Waals surface area contributed by atoms with Gasteiger partial charge in [-0.1, -0.05) is 0 Å². The number of alkyl halides is 2. The van der Waals surface area contributed by atoms with Crippen LogP contribution in [0.3, 0.4) is 0 Å². The number of nitrogens with zero attached hydrogens (tertiary/aromatic N) is 1. The Kier molecular flexibility index (Phi) is 3.56. The quantitative estimate of drug-likeness (QED) is 0.918. The molecule has 4 nitrogen and oxygen atoms in total. The van der Waals surface area contributed by atoms with E-state index in [4.69, 9.17) is 0 Å². The van der Waals surface area contributed by atoms with E-state index in [-0.39, 0.29) is 17.7 Å². The maximum atomic E-state index is 12.4. The third kappa shape index (κ3) is 2.47. The third-order valence-corrected chi connectivity index (χ3v) is 4.03. The van der Waals surface area contributed by atoms with Crippen LogP contribution in [0.25, 0.3) is 0 Å². The molecular formula is C14H16F2N2O2. The van der Waals surface area contributed by atoms with E-state index < -0.39 is 6.61 Å². The summed E-state index contributed by atoms with van der Waals surface area (Å²) >= 11 is 0. The van der Waals surface area contributed by atoms with Crippen LogP contribution in [0.15, 0.2) is 24.3 Å². The molecule has 2 fully saturated rings. The Hall–Kier alpha value is -1.69. The normalized spacial score (nSPS) is 25.1. The summed E-state index contributed by atoms with van der Waals surface area (Å²) in [5.74, 6) is 0.573. The second kappa shape index (κ2) is 5.36. The third-order valence-electron chi connectivity index (χ3n) is 4.03. The number of ether oxygens (including phenoxy) is 1. The molecule has 0 aromatic heterocycles. The number of amides is 1. The molecule has 2 heterocycles. The van der Waals surface area contributed by atoms with Crippen LogP contribution in [0.4, 0.5) is 8.78 Å². The number of halogens is 2. The molecule has 6 heteroatoms. The van der Waals surface area contributed by atoms with E-state index in [9.17, 15) is 13.6 Å². The Labute approximate surface area is 115 Å². The van der Waals surface area contributed by atoms with Gasteiger partial charge in [-0.2, -0.15) is 8.78 Å². The van der Waals surface area contributed by atoms with Gasteiger partial charge >= 0.3 is 6.61 Å². The largest absolute Gasteiger partial charge is 0.435 e. The van der Waals surface area contributed by atoms with Crippen molar-refractivity contribution in [2.45, 2.75) is 19.1 Å². The minimum Gasteiger partial charge on any atom is -0.435 e. The fourth-order valence-electron chi connectivity index (χ4n) is 3.05. The number of hydrogen-bond donors (Lipinski definition) is 1. The molecule has 1 aromatic carbocycles. The lowest BCUT2D eigenvalue weighted by Gasteiger charge is -2.23. The SMILES string of the molecule is O=C(c1ccc(OC(F)F)cc1)N1CC[C@H]2CNC[C@H]21. The Morgan fingerprint density at radius 3 is 2.75 bits per heavy atom. The van der Waals surface area contributed by atoms with Gasteiger partial charge in [-0.25, -0.2) is 0 Å². The number of benzene rings is 1. The average Bonchev–Trinajstić information content (AvgIpc) is 3.00. The molecule has 2 aliphatic rings. The summed E-state index contributed by atoms with van der Waals surface area (Å²) in [5.41, 5.74) is 0.513. The van der Waals surface area contributed by atoms with Gasteiger partial charge in [0.25, 0.3) is 5.91 Å². The van der Waals surface area contributed by atoms with E-state index in [2.05, 4.69) is 10.1 Å². The van der Waals surface area contributed by atoms with Gasteiger partial charge in [-0.3, -0.25) is 4.79 Å². The summed E-state index contributed by atoms with van der Waals surface area (Å²) in [4.78, 5) is 14.3. The van der Waals surface area contributed by atoms with Crippen LogP contribution >= 0.6 is 0 Å². The smallest absolute Gasteiger partial charge is 0.387 e. The monoisotopic (exact) mass is 282 g/mol. The van der Waals surface area contributed by atoms with Crippen LogP contribution in [0, 0.1) is 5.92 Å². The predicted molar refractivity (Wildman–Crippen MR) is 68.9 cm³/mol. The number of fused-ring (bicyclic) bond motifs is 1. The molecule has 1 aromatic rings. The van der Waals surface area contributed by atoms with Gasteiger partial charge in [-0.15, -0.1) is 0 Å². The highest BCUT2D eigenvalue weighted by Gasteiger charge is 2.39. The first-order valence-electron chi connectivity index (χ1n) is 6.71. The second-order valence-electron chi connectivity index (χ2n) is 5.18. The fourth-order valence-corrected chi connectivity index (χ4v) is 3.05. The Bertz CT molecular complexity index is 492. The van der Waals surface area contributed by atoms with Crippen molar-refractivity contribution in [2.24, 2.45) is 5.92 Å². The summed E-state index contributed by atoms with van der Waals surface area (Å²) in [6, 6.07) is 6.14. The topological polar surface area (TPSA) is 41.6 Å². The molecule has 2 aliphatic heterocycles. The Morgan fingerprint density at radius 1 is 1.30 bits per heavy atom. The lowest BCUT2D eigenvalue weighted by Crippen LogP contribution is -2.39. The number of rotatable bonds is 3. The molecule has 1 amide bonds. The molecule has 0 bridgehead atoms. The lowest BCUT2D eigenvalue weighted by molar-refractivity contribution is -0.0498. The molecule has 0 spiro atoms. The predicted octanol–water partition coefficient (Wildman–Crippen LogP) is 1.72. The Balaban J connectivity index is 1.71. The Morgan fingerprint density at radius 2 is 2.05 bits per heavy atom. The van der Waals surface area contributed by atoms with Crippen LogP contribution in [0.1, 0.15) is 16.8 Å². The molecule has 0 radical (unpaired) electrons. The van der Waals surface area contributed by atoms with Crippen LogP contribution in [0.2, 0.25) is 0 Å². The first-order valence-corrected chi connectivity index (χ1v) is 6.71. The molecule has 3 rings (SSSR count). The highest BCUT2D eigenvalue weighted by molar-refractivity contribution is 5.94. The van der Waals surface area contributed by atoms with Crippen molar-refractivity contribution >= 4 is 5.91 Å². The summed E-state index contributed by atoms with van der Waals surface area (Å²) in [7, 11) is 0. The van der Waals surface area contributed by atoms with Gasteiger partial charge in [0.15, 0.2) is 0 Å². The van der Waals surface area contributed by atoms with Gasteiger partial charge in [0.05, 0.1) is 0 Å². The average molecular weight is 282 g/mol. The number of carbonyl (C=O) groups is 1. The maximum Gasteiger partial charge on any atom is 0.387 e. The van der Waals surface area contributed by atoms with E-state index >= 15 is 0 Å². The van der Waals surface area contributed by atoms with Crippen molar-refractivity contribution < 1.29 is 18.3 Å². The zero-order valence-corrected chi connectivity index (χ0v) is 10.9. The highest BCUT2D eigenvalue weighted by atomic mass is 19.3. The highest BCUT2D eigenvalue weighted by Crippen LogP contribution is 2.28. The molecule has 0 aliphatic carbocycles. The van der Waals surface area contributed by atoms with Crippen molar-refractivity contribution in [3.8, 4) is 5.75 Å². The van der Waals surface area contributed by atoms with E-state index in [0.717, 1.165) is 26.1 Å². The number of carbonyl (C=O) groups excluding carboxylic acids is 1. The van der Waals surface area contributed by atoms with Gasteiger partial charge in [0.1, 0.15) is 5.75 Å². The lowest BCUT2D eigenvalue weighted by atomic mass is 10.0. The van der Waals surface area contributed by atoms with Crippen LogP contribution in [-0.4, -0.2) is 43.1 Å². The van der Waals surface area contributed by atoms with Crippen molar-refractivity contribution in [1.82, 2.24) is 10.2 Å². The first kappa shape index (κ1) is 13.3. The van der Waals surface area contributed by atoms with Crippen molar-refractivity contribution in [1.29, 1.82) is 0 Å². The van der Waals surface area contributed by atoms with Crippen molar-refractivity contribution in [2.75, 3.05) is 19.6 Å². The first-order chi connectivity index (χ1) is 9.65. The molecule has 20 heavy (non-hydrogen) atoms. The zero-order chi connectivity index (χ0) is 14.1. The molecule has 1 N–H and O–H groups in total. The molecule has 2 saturated heterocycles.